The highest BCUT2D eigenvalue weighted by Crippen LogP contribution is 2.42. The van der Waals surface area contributed by atoms with Crippen LogP contribution in [0.1, 0.15) is 13.3 Å². The summed E-state index contributed by atoms with van der Waals surface area (Å²) in [6.07, 6.45) is 2.68. The number of allylic oxidation sites excluding steroid dienone is 6. The van der Waals surface area contributed by atoms with Crippen molar-refractivity contribution in [1.82, 2.24) is 0 Å². The molecule has 0 fully saturated rings. The molecule has 15 heavy (non-hydrogen) atoms. The van der Waals surface area contributed by atoms with Crippen LogP contribution in [0.15, 0.2) is 36.0 Å². The standard InChI is InChI=1S/C10H9F5/c1-2-3-4-9(13)5-6-10(14,15)8(12)7(9)11/h3-6H,2H2,1H3. The molecule has 1 aliphatic rings. The van der Waals surface area contributed by atoms with Crippen LogP contribution in [0.5, 0.6) is 0 Å². The van der Waals surface area contributed by atoms with E-state index < -0.39 is 23.2 Å². The lowest BCUT2D eigenvalue weighted by Gasteiger charge is -2.23. The number of rotatable bonds is 2. The molecule has 0 saturated heterocycles. The summed E-state index contributed by atoms with van der Waals surface area (Å²) in [5.41, 5.74) is -2.89. The molecular formula is C10H9F5. The third kappa shape index (κ3) is 2.11. The molecule has 1 rings (SSSR count). The molecule has 0 N–H and O–H groups in total. The molecule has 5 heteroatoms. The minimum atomic E-state index is -4.06. The van der Waals surface area contributed by atoms with Crippen LogP contribution in [0.25, 0.3) is 0 Å². The highest BCUT2D eigenvalue weighted by atomic mass is 19.3. The van der Waals surface area contributed by atoms with E-state index in [4.69, 9.17) is 0 Å². The van der Waals surface area contributed by atoms with Gasteiger partial charge < -0.3 is 0 Å². The Bertz CT molecular complexity index is 340. The zero-order valence-electron chi connectivity index (χ0n) is 7.91. The molecule has 0 saturated carbocycles. The first-order valence-corrected chi connectivity index (χ1v) is 4.34. The molecule has 0 aromatic rings. The van der Waals surface area contributed by atoms with Crippen LogP contribution in [0.3, 0.4) is 0 Å². The predicted molar refractivity (Wildman–Crippen MR) is 46.6 cm³/mol. The van der Waals surface area contributed by atoms with Crippen molar-refractivity contribution in [2.24, 2.45) is 0 Å². The quantitative estimate of drug-likeness (QED) is 0.491. The second kappa shape index (κ2) is 3.79. The first-order valence-electron chi connectivity index (χ1n) is 4.34. The summed E-state index contributed by atoms with van der Waals surface area (Å²) in [7, 11) is 0. The Hall–Kier alpha value is -1.13. The normalized spacial score (nSPS) is 30.3. The van der Waals surface area contributed by atoms with Crippen LogP contribution in [0.4, 0.5) is 22.0 Å². The molecule has 0 spiro atoms. The molecule has 0 amide bonds. The van der Waals surface area contributed by atoms with E-state index in [-0.39, 0.29) is 6.08 Å². The third-order valence-electron chi connectivity index (χ3n) is 1.95. The van der Waals surface area contributed by atoms with E-state index >= 15 is 0 Å². The molecule has 1 unspecified atom stereocenters. The van der Waals surface area contributed by atoms with Crippen molar-refractivity contribution in [3.05, 3.63) is 36.0 Å². The Balaban J connectivity index is 3.13. The fraction of sp³-hybridized carbons (Fsp3) is 0.400. The van der Waals surface area contributed by atoms with Gasteiger partial charge in [0.25, 0.3) is 0 Å². The fourth-order valence-corrected chi connectivity index (χ4v) is 1.10. The molecule has 0 nitrogen and oxygen atoms in total. The maximum atomic E-state index is 13.6. The van der Waals surface area contributed by atoms with E-state index in [1.165, 1.54) is 6.08 Å². The van der Waals surface area contributed by atoms with Crippen LogP contribution in [0.2, 0.25) is 0 Å². The monoisotopic (exact) mass is 224 g/mol. The first kappa shape index (κ1) is 11.9. The van der Waals surface area contributed by atoms with E-state index in [1.54, 1.807) is 6.92 Å². The van der Waals surface area contributed by atoms with Gasteiger partial charge in [-0.3, -0.25) is 0 Å². The second-order valence-corrected chi connectivity index (χ2v) is 3.16. The van der Waals surface area contributed by atoms with Gasteiger partial charge in [-0.1, -0.05) is 13.0 Å². The summed E-state index contributed by atoms with van der Waals surface area (Å²) in [6.45, 7) is 1.65. The van der Waals surface area contributed by atoms with Crippen LogP contribution in [-0.2, 0) is 0 Å². The average Bonchev–Trinajstić information content (AvgIpc) is 2.19. The summed E-state index contributed by atoms with van der Waals surface area (Å²) in [5.74, 6) is -8.51. The van der Waals surface area contributed by atoms with E-state index in [0.29, 0.717) is 18.6 Å². The Morgan fingerprint density at radius 2 is 1.73 bits per heavy atom. The van der Waals surface area contributed by atoms with Gasteiger partial charge in [0.2, 0.25) is 11.5 Å². The maximum Gasteiger partial charge on any atom is 0.320 e. The zero-order valence-corrected chi connectivity index (χ0v) is 7.91. The fourth-order valence-electron chi connectivity index (χ4n) is 1.10. The molecule has 0 aliphatic heterocycles. The molecule has 1 atom stereocenters. The Morgan fingerprint density at radius 1 is 1.13 bits per heavy atom. The molecule has 84 valence electrons. The van der Waals surface area contributed by atoms with Gasteiger partial charge in [-0.15, -0.1) is 0 Å². The maximum absolute atomic E-state index is 13.6. The van der Waals surface area contributed by atoms with Crippen molar-refractivity contribution >= 4 is 0 Å². The minimum absolute atomic E-state index is 0.0193. The highest BCUT2D eigenvalue weighted by molar-refractivity contribution is 5.39. The average molecular weight is 224 g/mol. The van der Waals surface area contributed by atoms with Gasteiger partial charge in [-0.2, -0.15) is 8.78 Å². The lowest BCUT2D eigenvalue weighted by molar-refractivity contribution is 0.0541. The molecule has 0 radical (unpaired) electrons. The summed E-state index contributed by atoms with van der Waals surface area (Å²) in [5, 5.41) is 0. The van der Waals surface area contributed by atoms with Crippen molar-refractivity contribution in [3.8, 4) is 0 Å². The molecular weight excluding hydrogens is 215 g/mol. The van der Waals surface area contributed by atoms with Gasteiger partial charge in [-0.05, 0) is 24.6 Å². The Morgan fingerprint density at radius 3 is 2.27 bits per heavy atom. The number of hydrogen-bond acceptors (Lipinski definition) is 0. The summed E-state index contributed by atoms with van der Waals surface area (Å²) < 4.78 is 64.4. The molecule has 0 heterocycles. The van der Waals surface area contributed by atoms with Crippen molar-refractivity contribution < 1.29 is 22.0 Å². The molecule has 0 aromatic carbocycles. The molecule has 0 bridgehead atoms. The largest absolute Gasteiger partial charge is 0.320 e. The van der Waals surface area contributed by atoms with Gasteiger partial charge >= 0.3 is 5.92 Å². The lowest BCUT2D eigenvalue weighted by atomic mass is 9.95. The highest BCUT2D eigenvalue weighted by Gasteiger charge is 2.47. The number of hydrogen-bond donors (Lipinski definition) is 0. The van der Waals surface area contributed by atoms with Crippen LogP contribution in [-0.4, -0.2) is 11.6 Å². The van der Waals surface area contributed by atoms with E-state index in [9.17, 15) is 22.0 Å². The van der Waals surface area contributed by atoms with E-state index in [2.05, 4.69) is 0 Å². The van der Waals surface area contributed by atoms with Crippen LogP contribution in [0, 0.1) is 0 Å². The summed E-state index contributed by atoms with van der Waals surface area (Å²) in [6, 6.07) is 0. The zero-order chi connectivity index (χ0) is 11.7. The van der Waals surface area contributed by atoms with Crippen molar-refractivity contribution in [2.45, 2.75) is 24.9 Å². The Labute approximate surface area is 83.8 Å². The number of halogens is 5. The smallest absolute Gasteiger partial charge is 0.227 e. The lowest BCUT2D eigenvalue weighted by Crippen LogP contribution is -2.29. The Kier molecular flexibility index (Phi) is 3.02. The van der Waals surface area contributed by atoms with Gasteiger partial charge in [0.1, 0.15) is 0 Å². The van der Waals surface area contributed by atoms with Crippen molar-refractivity contribution in [1.29, 1.82) is 0 Å². The predicted octanol–water partition coefficient (Wildman–Crippen LogP) is 4.02. The summed E-state index contributed by atoms with van der Waals surface area (Å²) in [4.78, 5) is 0. The van der Waals surface area contributed by atoms with Gasteiger partial charge in [0.15, 0.2) is 5.83 Å². The topological polar surface area (TPSA) is 0 Å². The third-order valence-corrected chi connectivity index (χ3v) is 1.95. The van der Waals surface area contributed by atoms with Crippen LogP contribution < -0.4 is 0 Å². The van der Waals surface area contributed by atoms with Gasteiger partial charge in [-0.25, -0.2) is 13.2 Å². The second-order valence-electron chi connectivity index (χ2n) is 3.16. The minimum Gasteiger partial charge on any atom is -0.227 e. The first-order chi connectivity index (χ1) is 6.83. The van der Waals surface area contributed by atoms with Crippen molar-refractivity contribution in [3.63, 3.8) is 0 Å². The molecule has 0 aromatic heterocycles. The van der Waals surface area contributed by atoms with Crippen LogP contribution >= 0.6 is 0 Å². The van der Waals surface area contributed by atoms with Gasteiger partial charge in [0.05, 0.1) is 0 Å². The number of alkyl halides is 3. The van der Waals surface area contributed by atoms with E-state index in [0.717, 1.165) is 0 Å². The van der Waals surface area contributed by atoms with E-state index in [1.807, 2.05) is 0 Å². The van der Waals surface area contributed by atoms with Crippen molar-refractivity contribution in [2.75, 3.05) is 0 Å². The summed E-state index contributed by atoms with van der Waals surface area (Å²) >= 11 is 0. The molecule has 1 aliphatic carbocycles. The van der Waals surface area contributed by atoms with Gasteiger partial charge in [0, 0.05) is 0 Å². The SMILES string of the molecule is CCC=CC1(F)C=CC(F)(F)C(F)=C1F.